The first-order valence-electron chi connectivity index (χ1n) is 9.56. The monoisotopic (exact) mass is 355 g/mol. The Labute approximate surface area is 156 Å². The number of nitrogens with zero attached hydrogens (tertiary/aromatic N) is 2. The van der Waals surface area contributed by atoms with E-state index in [0.29, 0.717) is 32.0 Å². The highest BCUT2D eigenvalue weighted by atomic mass is 16.2. The smallest absolute Gasteiger partial charge is 0.238 e. The lowest BCUT2D eigenvalue weighted by Crippen LogP contribution is -2.50. The zero-order chi connectivity index (χ0) is 18.5. The molecule has 2 aliphatic rings. The molecule has 0 radical (unpaired) electrons. The summed E-state index contributed by atoms with van der Waals surface area (Å²) in [6, 6.07) is 6.01. The van der Waals surface area contributed by atoms with Crippen molar-refractivity contribution >= 4 is 17.5 Å². The average Bonchev–Trinajstić information content (AvgIpc) is 3.12. The third kappa shape index (κ3) is 4.73. The molecule has 26 heavy (non-hydrogen) atoms. The zero-order valence-electron chi connectivity index (χ0n) is 15.8. The van der Waals surface area contributed by atoms with Crippen LogP contribution in [0.15, 0.2) is 30.4 Å². The van der Waals surface area contributed by atoms with Crippen LogP contribution in [0.2, 0.25) is 0 Å². The van der Waals surface area contributed by atoms with Crippen molar-refractivity contribution in [3.8, 4) is 0 Å². The van der Waals surface area contributed by atoms with Crippen molar-refractivity contribution in [1.82, 2.24) is 9.80 Å². The molecule has 1 fully saturated rings. The molecule has 0 spiro atoms. The first-order chi connectivity index (χ1) is 12.5. The number of benzene rings is 1. The van der Waals surface area contributed by atoms with Crippen molar-refractivity contribution in [1.29, 1.82) is 0 Å². The van der Waals surface area contributed by atoms with Gasteiger partial charge in [-0.25, -0.2) is 0 Å². The predicted molar refractivity (Wildman–Crippen MR) is 104 cm³/mol. The van der Waals surface area contributed by atoms with Gasteiger partial charge in [-0.1, -0.05) is 30.4 Å². The summed E-state index contributed by atoms with van der Waals surface area (Å²) in [6.07, 6.45) is 7.17. The number of nitrogens with one attached hydrogen (secondary N) is 1. The molecule has 0 bridgehead atoms. The quantitative estimate of drug-likeness (QED) is 0.827. The number of amides is 2. The Kier molecular flexibility index (Phi) is 6.09. The maximum Gasteiger partial charge on any atom is 0.238 e. The van der Waals surface area contributed by atoms with E-state index in [-0.39, 0.29) is 11.8 Å². The minimum absolute atomic E-state index is 0.0123. The van der Waals surface area contributed by atoms with E-state index in [2.05, 4.69) is 22.4 Å². The van der Waals surface area contributed by atoms with Crippen LogP contribution in [-0.2, 0) is 9.59 Å². The van der Waals surface area contributed by atoms with E-state index in [1.54, 1.807) is 0 Å². The standard InChI is InChI=1S/C21H29N3O2/c1-16-6-5-7-17(2)21(16)22-19(25)15-23-10-12-24(13-11-23)20(26)14-18-8-3-4-9-18/h3,5-8,18H,4,9-15H2,1-2H3,(H,22,25)/t18-/m1/s1. The molecule has 1 heterocycles. The second-order valence-electron chi connectivity index (χ2n) is 7.44. The minimum Gasteiger partial charge on any atom is -0.340 e. The molecule has 1 aliphatic carbocycles. The molecule has 5 heteroatoms. The van der Waals surface area contributed by atoms with Gasteiger partial charge in [0, 0.05) is 38.3 Å². The van der Waals surface area contributed by atoms with Gasteiger partial charge in [0.1, 0.15) is 0 Å². The number of allylic oxidation sites excluding steroid dienone is 2. The van der Waals surface area contributed by atoms with Crippen LogP contribution in [-0.4, -0.2) is 54.3 Å². The second kappa shape index (κ2) is 8.49. The summed E-state index contributed by atoms with van der Waals surface area (Å²) in [6.45, 7) is 7.33. The molecular weight excluding hydrogens is 326 g/mol. The summed E-state index contributed by atoms with van der Waals surface area (Å²) < 4.78 is 0. The summed E-state index contributed by atoms with van der Waals surface area (Å²) >= 11 is 0. The number of carbonyl (C=O) groups excluding carboxylic acids is 2. The lowest BCUT2D eigenvalue weighted by atomic mass is 10.0. The lowest BCUT2D eigenvalue weighted by Gasteiger charge is -2.34. The lowest BCUT2D eigenvalue weighted by molar-refractivity contribution is -0.133. The third-order valence-corrected chi connectivity index (χ3v) is 5.39. The number of aryl methyl sites for hydroxylation is 2. The maximum absolute atomic E-state index is 12.4. The van der Waals surface area contributed by atoms with Crippen LogP contribution in [0.25, 0.3) is 0 Å². The van der Waals surface area contributed by atoms with E-state index < -0.39 is 0 Å². The molecule has 1 saturated heterocycles. The van der Waals surface area contributed by atoms with Crippen LogP contribution in [0.5, 0.6) is 0 Å². The van der Waals surface area contributed by atoms with E-state index in [1.165, 1.54) is 0 Å². The number of hydrogen-bond acceptors (Lipinski definition) is 3. The van der Waals surface area contributed by atoms with Crippen LogP contribution < -0.4 is 5.32 Å². The van der Waals surface area contributed by atoms with E-state index in [0.717, 1.165) is 42.7 Å². The normalized spacial score (nSPS) is 20.4. The van der Waals surface area contributed by atoms with Crippen molar-refractivity contribution in [2.24, 2.45) is 5.92 Å². The van der Waals surface area contributed by atoms with Gasteiger partial charge < -0.3 is 10.2 Å². The van der Waals surface area contributed by atoms with Crippen LogP contribution in [0.1, 0.15) is 30.4 Å². The van der Waals surface area contributed by atoms with Gasteiger partial charge in [0.2, 0.25) is 11.8 Å². The number of piperazine rings is 1. The number of para-hydroxylation sites is 1. The zero-order valence-corrected chi connectivity index (χ0v) is 15.8. The van der Waals surface area contributed by atoms with E-state index in [1.807, 2.05) is 36.9 Å². The number of anilines is 1. The molecule has 0 unspecified atom stereocenters. The highest BCUT2D eigenvalue weighted by molar-refractivity contribution is 5.93. The fraction of sp³-hybridized carbons (Fsp3) is 0.524. The molecular formula is C21H29N3O2. The van der Waals surface area contributed by atoms with Gasteiger partial charge in [0.15, 0.2) is 0 Å². The number of rotatable bonds is 5. The second-order valence-corrected chi connectivity index (χ2v) is 7.44. The van der Waals surface area contributed by atoms with Crippen LogP contribution in [0.3, 0.4) is 0 Å². The Morgan fingerprint density at radius 2 is 1.81 bits per heavy atom. The summed E-state index contributed by atoms with van der Waals surface area (Å²) in [5.74, 6) is 0.683. The van der Waals surface area contributed by atoms with Gasteiger partial charge in [-0.15, -0.1) is 0 Å². The molecule has 1 N–H and O–H groups in total. The van der Waals surface area contributed by atoms with Crippen LogP contribution >= 0.6 is 0 Å². The summed E-state index contributed by atoms with van der Waals surface area (Å²) in [5, 5.41) is 3.04. The highest BCUT2D eigenvalue weighted by Crippen LogP contribution is 2.22. The van der Waals surface area contributed by atoms with Gasteiger partial charge >= 0.3 is 0 Å². The molecule has 1 aliphatic heterocycles. The number of hydrogen-bond donors (Lipinski definition) is 1. The maximum atomic E-state index is 12.4. The molecule has 0 aromatic heterocycles. The minimum atomic E-state index is 0.0123. The van der Waals surface area contributed by atoms with Gasteiger partial charge in [-0.05, 0) is 43.7 Å². The van der Waals surface area contributed by atoms with Gasteiger partial charge in [-0.2, -0.15) is 0 Å². The van der Waals surface area contributed by atoms with E-state index in [9.17, 15) is 9.59 Å². The predicted octanol–water partition coefficient (Wildman–Crippen LogP) is 2.74. The first-order valence-corrected chi connectivity index (χ1v) is 9.56. The van der Waals surface area contributed by atoms with Crippen molar-refractivity contribution < 1.29 is 9.59 Å². The first kappa shape index (κ1) is 18.6. The fourth-order valence-corrected chi connectivity index (χ4v) is 3.77. The Balaban J connectivity index is 1.44. The third-order valence-electron chi connectivity index (χ3n) is 5.39. The highest BCUT2D eigenvalue weighted by Gasteiger charge is 2.24. The van der Waals surface area contributed by atoms with Crippen molar-refractivity contribution in [2.75, 3.05) is 38.0 Å². The van der Waals surface area contributed by atoms with Crippen LogP contribution in [0, 0.1) is 19.8 Å². The molecule has 2 amide bonds. The molecule has 5 nitrogen and oxygen atoms in total. The molecule has 1 atom stereocenters. The van der Waals surface area contributed by atoms with Gasteiger partial charge in [0.05, 0.1) is 6.54 Å². The molecule has 1 aromatic carbocycles. The summed E-state index contributed by atoms with van der Waals surface area (Å²) in [5.41, 5.74) is 3.07. The summed E-state index contributed by atoms with van der Waals surface area (Å²) in [4.78, 5) is 28.9. The van der Waals surface area contributed by atoms with E-state index in [4.69, 9.17) is 0 Å². The Hall–Kier alpha value is -2.14. The van der Waals surface area contributed by atoms with Gasteiger partial charge in [-0.3, -0.25) is 14.5 Å². The molecule has 3 rings (SSSR count). The Morgan fingerprint density at radius 3 is 2.42 bits per heavy atom. The van der Waals surface area contributed by atoms with Gasteiger partial charge in [0.25, 0.3) is 0 Å². The van der Waals surface area contributed by atoms with Crippen molar-refractivity contribution in [3.05, 3.63) is 41.5 Å². The number of carbonyl (C=O) groups is 2. The van der Waals surface area contributed by atoms with Crippen molar-refractivity contribution in [3.63, 3.8) is 0 Å². The summed E-state index contributed by atoms with van der Waals surface area (Å²) in [7, 11) is 0. The molecule has 1 aromatic rings. The Morgan fingerprint density at radius 1 is 1.12 bits per heavy atom. The average molecular weight is 355 g/mol. The largest absolute Gasteiger partial charge is 0.340 e. The molecule has 140 valence electrons. The fourth-order valence-electron chi connectivity index (χ4n) is 3.77. The van der Waals surface area contributed by atoms with Crippen LogP contribution in [0.4, 0.5) is 5.69 Å². The molecule has 0 saturated carbocycles. The SMILES string of the molecule is Cc1cccc(C)c1NC(=O)CN1CCN(C(=O)C[C@@H]2C=CCC2)CC1. The Bertz CT molecular complexity index is 670. The topological polar surface area (TPSA) is 52.7 Å². The van der Waals surface area contributed by atoms with Crippen molar-refractivity contribution in [2.45, 2.75) is 33.1 Å². The van der Waals surface area contributed by atoms with E-state index >= 15 is 0 Å².